The molecule has 0 aromatic heterocycles. The summed E-state index contributed by atoms with van der Waals surface area (Å²) in [7, 11) is -4.26. The molecular formula is C20H39NO4S. The topological polar surface area (TPSA) is 83.5 Å². The molecule has 1 unspecified atom stereocenters. The van der Waals surface area contributed by atoms with Crippen molar-refractivity contribution in [2.45, 2.75) is 109 Å². The average molecular weight is 390 g/mol. The van der Waals surface area contributed by atoms with Crippen molar-refractivity contribution in [1.82, 2.24) is 5.32 Å². The Balaban J connectivity index is 3.63. The quantitative estimate of drug-likeness (QED) is 0.199. The van der Waals surface area contributed by atoms with E-state index in [1.807, 2.05) is 0 Å². The van der Waals surface area contributed by atoms with Crippen LogP contribution in [0.15, 0.2) is 12.2 Å². The van der Waals surface area contributed by atoms with Gasteiger partial charge in [0.1, 0.15) is 0 Å². The molecule has 0 heterocycles. The Hall–Kier alpha value is -0.880. The maximum Gasteiger partial charge on any atom is 0.286 e. The fourth-order valence-electron chi connectivity index (χ4n) is 2.93. The molecule has 0 rings (SSSR count). The number of carbonyl (C=O) groups excluding carboxylic acids is 1. The summed E-state index contributed by atoms with van der Waals surface area (Å²) in [6.45, 7) is 7.55. The van der Waals surface area contributed by atoms with Crippen molar-refractivity contribution in [3.05, 3.63) is 12.2 Å². The Morgan fingerprint density at radius 1 is 0.885 bits per heavy atom. The SMILES string of the molecule is C=C(CCCCCCCCCCCCCC)C(=O)NC(CC)S(=O)(=O)O. The van der Waals surface area contributed by atoms with Crippen molar-refractivity contribution in [2.75, 3.05) is 0 Å². The van der Waals surface area contributed by atoms with Crippen LogP contribution in [0.3, 0.4) is 0 Å². The fraction of sp³-hybridized carbons (Fsp3) is 0.850. The highest BCUT2D eigenvalue weighted by Crippen LogP contribution is 2.14. The molecule has 0 aromatic rings. The normalized spacial score (nSPS) is 12.7. The predicted octanol–water partition coefficient (Wildman–Crippen LogP) is 5.37. The Kier molecular flexibility index (Phi) is 14.7. The van der Waals surface area contributed by atoms with Gasteiger partial charge in [0.2, 0.25) is 5.91 Å². The first kappa shape index (κ1) is 25.1. The van der Waals surface area contributed by atoms with Crippen LogP contribution >= 0.6 is 0 Å². The van der Waals surface area contributed by atoms with Gasteiger partial charge in [-0.2, -0.15) is 8.42 Å². The summed E-state index contributed by atoms with van der Waals surface area (Å²) in [4.78, 5) is 11.9. The zero-order valence-corrected chi connectivity index (χ0v) is 17.6. The molecule has 2 N–H and O–H groups in total. The van der Waals surface area contributed by atoms with Crippen LogP contribution in [-0.2, 0) is 14.9 Å². The molecule has 0 saturated heterocycles. The van der Waals surface area contributed by atoms with Crippen LogP contribution < -0.4 is 5.32 Å². The molecule has 0 aliphatic heterocycles. The Bertz CT molecular complexity index is 488. The lowest BCUT2D eigenvalue weighted by Gasteiger charge is -2.14. The number of amides is 1. The van der Waals surface area contributed by atoms with Gasteiger partial charge in [-0.3, -0.25) is 9.35 Å². The lowest BCUT2D eigenvalue weighted by Crippen LogP contribution is -2.40. The van der Waals surface area contributed by atoms with Crippen LogP contribution in [0.2, 0.25) is 0 Å². The number of rotatable bonds is 17. The van der Waals surface area contributed by atoms with Gasteiger partial charge in [-0.05, 0) is 19.3 Å². The zero-order valence-electron chi connectivity index (χ0n) is 16.8. The third kappa shape index (κ3) is 13.3. The number of carbonyl (C=O) groups is 1. The molecule has 0 aromatic carbocycles. The highest BCUT2D eigenvalue weighted by Gasteiger charge is 2.23. The second-order valence-electron chi connectivity index (χ2n) is 7.13. The summed E-state index contributed by atoms with van der Waals surface area (Å²) in [5.74, 6) is -0.488. The number of unbranched alkanes of at least 4 members (excludes halogenated alkanes) is 11. The first-order valence-electron chi connectivity index (χ1n) is 10.3. The van der Waals surface area contributed by atoms with Gasteiger partial charge in [-0.25, -0.2) is 0 Å². The van der Waals surface area contributed by atoms with Crippen LogP contribution in [0.5, 0.6) is 0 Å². The van der Waals surface area contributed by atoms with Gasteiger partial charge in [-0.15, -0.1) is 0 Å². The van der Waals surface area contributed by atoms with Crippen molar-refractivity contribution < 1.29 is 17.8 Å². The Labute approximate surface area is 160 Å². The lowest BCUT2D eigenvalue weighted by molar-refractivity contribution is -0.117. The second kappa shape index (κ2) is 15.2. The van der Waals surface area contributed by atoms with Crippen molar-refractivity contribution in [1.29, 1.82) is 0 Å². The molecule has 0 bridgehead atoms. The van der Waals surface area contributed by atoms with Gasteiger partial charge in [-0.1, -0.05) is 91.1 Å². The first-order valence-corrected chi connectivity index (χ1v) is 11.8. The van der Waals surface area contributed by atoms with E-state index in [1.54, 1.807) is 6.92 Å². The highest BCUT2D eigenvalue weighted by molar-refractivity contribution is 7.86. The minimum absolute atomic E-state index is 0.121. The number of hydrogen-bond acceptors (Lipinski definition) is 3. The average Bonchev–Trinajstić information content (AvgIpc) is 2.59. The molecule has 0 fully saturated rings. The Morgan fingerprint density at radius 2 is 1.31 bits per heavy atom. The van der Waals surface area contributed by atoms with E-state index in [2.05, 4.69) is 18.8 Å². The first-order chi connectivity index (χ1) is 12.3. The molecule has 1 atom stereocenters. The van der Waals surface area contributed by atoms with E-state index in [1.165, 1.54) is 57.8 Å². The summed E-state index contributed by atoms with van der Waals surface area (Å²) in [5.41, 5.74) is 0.374. The van der Waals surface area contributed by atoms with Crippen molar-refractivity contribution in [3.8, 4) is 0 Å². The van der Waals surface area contributed by atoms with Gasteiger partial charge >= 0.3 is 0 Å². The van der Waals surface area contributed by atoms with Crippen molar-refractivity contribution in [2.24, 2.45) is 0 Å². The molecule has 0 saturated carbocycles. The molecule has 0 aliphatic rings. The maximum absolute atomic E-state index is 11.9. The highest BCUT2D eigenvalue weighted by atomic mass is 32.2. The summed E-state index contributed by atoms with van der Waals surface area (Å²) in [5, 5.41) is 1.07. The van der Waals surface area contributed by atoms with Crippen LogP contribution in [0.4, 0.5) is 0 Å². The summed E-state index contributed by atoms with van der Waals surface area (Å²) >= 11 is 0. The molecule has 0 spiro atoms. The minimum atomic E-state index is -4.26. The van der Waals surface area contributed by atoms with Crippen molar-refractivity contribution >= 4 is 16.0 Å². The largest absolute Gasteiger partial charge is 0.334 e. The van der Waals surface area contributed by atoms with Crippen LogP contribution in [-0.4, -0.2) is 24.3 Å². The number of hydrogen-bond donors (Lipinski definition) is 2. The van der Waals surface area contributed by atoms with E-state index >= 15 is 0 Å². The smallest absolute Gasteiger partial charge is 0.286 e. The van der Waals surface area contributed by atoms with Crippen molar-refractivity contribution in [3.63, 3.8) is 0 Å². The van der Waals surface area contributed by atoms with E-state index < -0.39 is 21.4 Å². The monoisotopic (exact) mass is 389 g/mol. The standard InChI is InChI=1S/C20H39NO4S/c1-4-6-7-8-9-10-11-12-13-14-15-16-17-18(3)20(22)21-19(5-2)26(23,24)25/h19H,3-17H2,1-2H3,(H,21,22)(H,23,24,25). The molecule has 1 amide bonds. The third-order valence-corrected chi connectivity index (χ3v) is 5.85. The number of nitrogens with one attached hydrogen (secondary N) is 1. The molecule has 26 heavy (non-hydrogen) atoms. The van der Waals surface area contributed by atoms with E-state index in [0.29, 0.717) is 12.0 Å². The zero-order chi connectivity index (χ0) is 19.8. The Morgan fingerprint density at radius 3 is 1.69 bits per heavy atom. The van der Waals surface area contributed by atoms with Crippen LogP contribution in [0, 0.1) is 0 Å². The van der Waals surface area contributed by atoms with Crippen LogP contribution in [0.25, 0.3) is 0 Å². The molecular weight excluding hydrogens is 350 g/mol. The van der Waals surface area contributed by atoms with Gasteiger partial charge in [0.05, 0.1) is 0 Å². The molecule has 6 heteroatoms. The van der Waals surface area contributed by atoms with E-state index in [0.717, 1.165) is 19.3 Å². The van der Waals surface area contributed by atoms with Gasteiger partial charge in [0.25, 0.3) is 10.1 Å². The summed E-state index contributed by atoms with van der Waals surface area (Å²) < 4.78 is 31.2. The van der Waals surface area contributed by atoms with E-state index in [-0.39, 0.29) is 6.42 Å². The molecule has 5 nitrogen and oxygen atoms in total. The minimum Gasteiger partial charge on any atom is -0.334 e. The molecule has 0 aliphatic carbocycles. The summed E-state index contributed by atoms with van der Waals surface area (Å²) in [6, 6.07) is 0. The summed E-state index contributed by atoms with van der Waals surface area (Å²) in [6.07, 6.45) is 15.7. The van der Waals surface area contributed by atoms with Crippen LogP contribution in [0.1, 0.15) is 104 Å². The van der Waals surface area contributed by atoms with E-state index in [4.69, 9.17) is 4.55 Å². The second-order valence-corrected chi connectivity index (χ2v) is 8.73. The third-order valence-electron chi connectivity index (χ3n) is 4.68. The molecule has 0 radical (unpaired) electrons. The van der Waals surface area contributed by atoms with Gasteiger partial charge < -0.3 is 5.32 Å². The van der Waals surface area contributed by atoms with E-state index in [9.17, 15) is 13.2 Å². The van der Waals surface area contributed by atoms with Gasteiger partial charge in [0.15, 0.2) is 5.37 Å². The van der Waals surface area contributed by atoms with Gasteiger partial charge in [0, 0.05) is 5.57 Å². The predicted molar refractivity (Wildman–Crippen MR) is 109 cm³/mol. The lowest BCUT2D eigenvalue weighted by atomic mass is 10.0. The maximum atomic E-state index is 11.9. The molecule has 154 valence electrons. The fourth-order valence-corrected chi connectivity index (χ4v) is 3.61.